The van der Waals surface area contributed by atoms with Crippen molar-refractivity contribution >= 4 is 28.6 Å². The fourth-order valence-electron chi connectivity index (χ4n) is 2.19. The van der Waals surface area contributed by atoms with Gasteiger partial charge in [-0.2, -0.15) is 0 Å². The fourth-order valence-corrected chi connectivity index (χ4v) is 3.33. The molecule has 8 heteroatoms. The second-order valence-corrected chi connectivity index (χ2v) is 7.54. The van der Waals surface area contributed by atoms with E-state index in [1.807, 2.05) is 0 Å². The Hall–Kier alpha value is -2.22. The van der Waals surface area contributed by atoms with Crippen molar-refractivity contribution in [2.24, 2.45) is 5.92 Å². The number of carboxylic acids is 1. The summed E-state index contributed by atoms with van der Waals surface area (Å²) in [5, 5.41) is 14.2. The van der Waals surface area contributed by atoms with E-state index in [9.17, 15) is 23.7 Å². The summed E-state index contributed by atoms with van der Waals surface area (Å²) in [6.07, 6.45) is 0.0213. The minimum atomic E-state index is -1.35. The number of carbonyl (C=O) groups excluding carboxylic acids is 2. The molecule has 0 heterocycles. The molecular formula is C17H24N2O5S. The van der Waals surface area contributed by atoms with Crippen LogP contribution >= 0.6 is 0 Å². The van der Waals surface area contributed by atoms with Crippen LogP contribution in [0.3, 0.4) is 0 Å². The van der Waals surface area contributed by atoms with Crippen molar-refractivity contribution in [3.05, 3.63) is 30.3 Å². The normalized spacial score (nSPS) is 14.4. The topological polar surface area (TPSA) is 113 Å². The molecule has 7 nitrogen and oxygen atoms in total. The monoisotopic (exact) mass is 368 g/mol. The number of carboxylic acid groups (broad SMARTS) is 1. The molecule has 1 rings (SSSR count). The lowest BCUT2D eigenvalue weighted by molar-refractivity contribution is -0.142. The van der Waals surface area contributed by atoms with Gasteiger partial charge in [0.1, 0.15) is 12.1 Å². The maximum absolute atomic E-state index is 12.3. The van der Waals surface area contributed by atoms with Gasteiger partial charge in [0.05, 0.1) is 10.8 Å². The molecule has 0 aliphatic heterocycles. The summed E-state index contributed by atoms with van der Waals surface area (Å²) >= 11 is 0. The van der Waals surface area contributed by atoms with Crippen LogP contribution in [0.1, 0.15) is 27.2 Å². The lowest BCUT2D eigenvalue weighted by Crippen LogP contribution is -2.53. The maximum atomic E-state index is 12.3. The van der Waals surface area contributed by atoms with Gasteiger partial charge in [0.2, 0.25) is 11.8 Å². The van der Waals surface area contributed by atoms with Crippen LogP contribution < -0.4 is 10.6 Å². The van der Waals surface area contributed by atoms with Crippen molar-refractivity contribution < 1.29 is 23.7 Å². The third-order valence-corrected chi connectivity index (χ3v) is 4.92. The first kappa shape index (κ1) is 20.8. The molecule has 0 spiro atoms. The first-order chi connectivity index (χ1) is 11.7. The molecule has 3 atom stereocenters. The Morgan fingerprint density at radius 1 is 1.12 bits per heavy atom. The predicted molar refractivity (Wildman–Crippen MR) is 94.3 cm³/mol. The van der Waals surface area contributed by atoms with Gasteiger partial charge in [-0.05, 0) is 24.5 Å². The summed E-state index contributed by atoms with van der Waals surface area (Å²) in [5.74, 6) is -2.23. The van der Waals surface area contributed by atoms with E-state index >= 15 is 0 Å². The van der Waals surface area contributed by atoms with Crippen molar-refractivity contribution in [1.82, 2.24) is 10.6 Å². The lowest BCUT2D eigenvalue weighted by Gasteiger charge is -2.23. The van der Waals surface area contributed by atoms with Gasteiger partial charge in [0, 0.05) is 17.6 Å². The molecule has 0 aliphatic rings. The molecule has 3 N–H and O–H groups in total. The van der Waals surface area contributed by atoms with Gasteiger partial charge in [-0.3, -0.25) is 13.8 Å². The largest absolute Gasteiger partial charge is 0.480 e. The van der Waals surface area contributed by atoms with E-state index in [4.69, 9.17) is 0 Å². The molecule has 0 saturated heterocycles. The van der Waals surface area contributed by atoms with Gasteiger partial charge in [-0.25, -0.2) is 4.79 Å². The number of hydrogen-bond donors (Lipinski definition) is 3. The molecule has 0 aliphatic carbocycles. The first-order valence-electron chi connectivity index (χ1n) is 7.96. The van der Waals surface area contributed by atoms with Crippen LogP contribution in [0.25, 0.3) is 0 Å². The average molecular weight is 368 g/mol. The van der Waals surface area contributed by atoms with Crippen LogP contribution in [0.15, 0.2) is 35.2 Å². The van der Waals surface area contributed by atoms with E-state index in [2.05, 4.69) is 10.6 Å². The van der Waals surface area contributed by atoms with Crippen LogP contribution in [0, 0.1) is 5.92 Å². The molecule has 2 amide bonds. The van der Waals surface area contributed by atoms with Gasteiger partial charge >= 0.3 is 5.97 Å². The number of hydrogen-bond acceptors (Lipinski definition) is 4. The molecule has 0 radical (unpaired) electrons. The lowest BCUT2D eigenvalue weighted by atomic mass is 10.0. The minimum Gasteiger partial charge on any atom is -0.480 e. The van der Waals surface area contributed by atoms with E-state index in [0.29, 0.717) is 4.90 Å². The zero-order valence-electron chi connectivity index (χ0n) is 14.5. The number of benzene rings is 1. The van der Waals surface area contributed by atoms with Crippen LogP contribution in [0.4, 0.5) is 0 Å². The smallest absolute Gasteiger partial charge is 0.326 e. The van der Waals surface area contributed by atoms with Gasteiger partial charge in [-0.15, -0.1) is 0 Å². The maximum Gasteiger partial charge on any atom is 0.326 e. The Kier molecular flexibility index (Phi) is 8.27. The quantitative estimate of drug-likeness (QED) is 0.600. The van der Waals surface area contributed by atoms with E-state index in [1.165, 1.54) is 6.92 Å². The van der Waals surface area contributed by atoms with Crippen LogP contribution in [-0.4, -0.2) is 44.9 Å². The number of carbonyl (C=O) groups is 3. The van der Waals surface area contributed by atoms with Crippen LogP contribution in [0.2, 0.25) is 0 Å². The van der Waals surface area contributed by atoms with Crippen molar-refractivity contribution in [1.29, 1.82) is 0 Å². The van der Waals surface area contributed by atoms with E-state index < -0.39 is 34.8 Å². The first-order valence-corrected chi connectivity index (χ1v) is 9.28. The Labute approximate surface area is 149 Å². The molecule has 0 unspecified atom stereocenters. The van der Waals surface area contributed by atoms with Gasteiger partial charge in [0.15, 0.2) is 0 Å². The summed E-state index contributed by atoms with van der Waals surface area (Å²) in [6, 6.07) is 6.73. The van der Waals surface area contributed by atoms with E-state index in [-0.39, 0.29) is 24.0 Å². The highest BCUT2D eigenvalue weighted by Crippen LogP contribution is 2.09. The second-order valence-electron chi connectivity index (χ2n) is 5.97. The van der Waals surface area contributed by atoms with Crippen molar-refractivity contribution in [2.75, 3.05) is 5.75 Å². The Bertz CT molecular complexity index is 633. The number of aliphatic carboxylic acids is 1. The highest BCUT2D eigenvalue weighted by atomic mass is 32.2. The van der Waals surface area contributed by atoms with E-state index in [1.54, 1.807) is 44.2 Å². The standard InChI is InChI=1S/C17H24N2O5S/c1-11(2)15(18-12(3)20)16(21)19-14(17(22)23)9-10-25(24)13-7-5-4-6-8-13/h4-8,11,14-15H,9-10H2,1-3H3,(H,18,20)(H,19,21)(H,22,23)/t14-,15-,25+/m1/s1. The summed E-state index contributed by atoms with van der Waals surface area (Å²) in [7, 11) is -1.35. The highest BCUT2D eigenvalue weighted by molar-refractivity contribution is 7.85. The van der Waals surface area contributed by atoms with Crippen LogP contribution in [-0.2, 0) is 25.2 Å². The molecule has 25 heavy (non-hydrogen) atoms. The summed E-state index contributed by atoms with van der Waals surface area (Å²) < 4.78 is 12.2. The molecule has 1 aromatic rings. The Balaban J connectivity index is 2.70. The Morgan fingerprint density at radius 3 is 2.20 bits per heavy atom. The molecule has 0 fully saturated rings. The van der Waals surface area contributed by atoms with Crippen molar-refractivity contribution in [3.8, 4) is 0 Å². The van der Waals surface area contributed by atoms with Crippen LogP contribution in [0.5, 0.6) is 0 Å². The minimum absolute atomic E-state index is 0.0213. The zero-order chi connectivity index (χ0) is 19.0. The number of nitrogens with one attached hydrogen (secondary N) is 2. The van der Waals surface area contributed by atoms with Gasteiger partial charge in [-0.1, -0.05) is 32.0 Å². The predicted octanol–water partition coefficient (Wildman–Crippen LogP) is 0.914. The van der Waals surface area contributed by atoms with Gasteiger partial charge in [0.25, 0.3) is 0 Å². The molecule has 138 valence electrons. The van der Waals surface area contributed by atoms with Crippen molar-refractivity contribution in [3.63, 3.8) is 0 Å². The zero-order valence-corrected chi connectivity index (χ0v) is 15.3. The molecular weight excluding hydrogens is 344 g/mol. The van der Waals surface area contributed by atoms with E-state index in [0.717, 1.165) is 0 Å². The summed E-state index contributed by atoms with van der Waals surface area (Å²) in [5.41, 5.74) is 0. The average Bonchev–Trinajstić information content (AvgIpc) is 2.56. The summed E-state index contributed by atoms with van der Waals surface area (Å²) in [4.78, 5) is 35.5. The Morgan fingerprint density at radius 2 is 1.72 bits per heavy atom. The fraction of sp³-hybridized carbons (Fsp3) is 0.471. The SMILES string of the molecule is CC(=O)N[C@@H](C(=O)N[C@H](CC[S@](=O)c1ccccc1)C(=O)O)C(C)C. The molecule has 0 bridgehead atoms. The molecule has 0 saturated carbocycles. The second kappa shape index (κ2) is 9.93. The molecule has 1 aromatic carbocycles. The highest BCUT2D eigenvalue weighted by Gasteiger charge is 2.28. The summed E-state index contributed by atoms with van der Waals surface area (Å²) in [6.45, 7) is 4.79. The molecule has 0 aromatic heterocycles. The number of amides is 2. The number of rotatable bonds is 9. The van der Waals surface area contributed by atoms with Gasteiger partial charge < -0.3 is 15.7 Å². The third kappa shape index (κ3) is 7.04. The third-order valence-electron chi connectivity index (χ3n) is 3.52. The van der Waals surface area contributed by atoms with Crippen molar-refractivity contribution in [2.45, 2.75) is 44.2 Å².